The molecular formula is C23H33N5O7. The Labute approximate surface area is 204 Å². The molecule has 0 saturated carbocycles. The van der Waals surface area contributed by atoms with E-state index in [0.29, 0.717) is 63.1 Å². The van der Waals surface area contributed by atoms with Gasteiger partial charge in [-0.25, -0.2) is 4.79 Å². The molecule has 3 rings (SSSR count). The van der Waals surface area contributed by atoms with Crippen LogP contribution >= 0.6 is 0 Å². The number of rotatable bonds is 8. The number of amides is 4. The second kappa shape index (κ2) is 12.2. The number of hydrogen-bond donors (Lipinski definition) is 2. The van der Waals surface area contributed by atoms with E-state index in [1.54, 1.807) is 30.0 Å². The fraction of sp³-hybridized carbons (Fsp3) is 0.565. The van der Waals surface area contributed by atoms with Crippen molar-refractivity contribution in [1.82, 2.24) is 20.0 Å². The fourth-order valence-corrected chi connectivity index (χ4v) is 4.09. The van der Waals surface area contributed by atoms with Crippen molar-refractivity contribution in [3.8, 4) is 11.5 Å². The number of carbonyl (C=O) groups excluding carboxylic acids is 4. The first-order valence-electron chi connectivity index (χ1n) is 11.6. The minimum atomic E-state index is -0.923. The predicted octanol–water partition coefficient (Wildman–Crippen LogP) is 0.134. The Kier molecular flexibility index (Phi) is 9.12. The Hall–Kier alpha value is -3.54. The van der Waals surface area contributed by atoms with Crippen LogP contribution in [-0.4, -0.2) is 111 Å². The Morgan fingerprint density at radius 1 is 1.09 bits per heavy atom. The summed E-state index contributed by atoms with van der Waals surface area (Å²) in [4.78, 5) is 55.4. The lowest BCUT2D eigenvalue weighted by atomic mass is 10.1. The number of benzene rings is 1. The molecule has 1 unspecified atom stereocenters. The minimum absolute atomic E-state index is 0.103. The first-order valence-corrected chi connectivity index (χ1v) is 11.6. The van der Waals surface area contributed by atoms with E-state index in [2.05, 4.69) is 10.6 Å². The van der Waals surface area contributed by atoms with Crippen molar-refractivity contribution in [3.05, 3.63) is 18.2 Å². The van der Waals surface area contributed by atoms with Crippen LogP contribution in [0.25, 0.3) is 0 Å². The number of ether oxygens (including phenoxy) is 3. The Bertz CT molecular complexity index is 933. The summed E-state index contributed by atoms with van der Waals surface area (Å²) in [7, 11) is 3.00. The van der Waals surface area contributed by atoms with Gasteiger partial charge in [-0.2, -0.15) is 0 Å². The monoisotopic (exact) mass is 491 g/mol. The highest BCUT2D eigenvalue weighted by molar-refractivity contribution is 5.98. The molecule has 12 nitrogen and oxygen atoms in total. The number of piperazine rings is 2. The second-order valence-corrected chi connectivity index (χ2v) is 8.17. The molecule has 1 aromatic carbocycles. The molecule has 2 heterocycles. The molecule has 35 heavy (non-hydrogen) atoms. The third-order valence-corrected chi connectivity index (χ3v) is 5.97. The molecule has 4 amide bonds. The van der Waals surface area contributed by atoms with Crippen molar-refractivity contribution in [2.24, 2.45) is 0 Å². The molecular weight excluding hydrogens is 458 g/mol. The largest absolute Gasteiger partial charge is 0.497 e. The van der Waals surface area contributed by atoms with E-state index in [1.807, 2.05) is 4.90 Å². The Morgan fingerprint density at radius 2 is 1.83 bits per heavy atom. The average molecular weight is 492 g/mol. The van der Waals surface area contributed by atoms with Gasteiger partial charge in [-0.1, -0.05) is 0 Å². The lowest BCUT2D eigenvalue weighted by molar-refractivity contribution is -0.145. The van der Waals surface area contributed by atoms with Crippen LogP contribution in [0.3, 0.4) is 0 Å². The molecule has 0 aliphatic carbocycles. The number of anilines is 1. The average Bonchev–Trinajstić information content (AvgIpc) is 2.85. The van der Waals surface area contributed by atoms with E-state index in [0.717, 1.165) is 0 Å². The molecule has 1 atom stereocenters. The zero-order chi connectivity index (χ0) is 25.4. The van der Waals surface area contributed by atoms with Gasteiger partial charge in [-0.15, -0.1) is 0 Å². The van der Waals surface area contributed by atoms with Gasteiger partial charge in [0.1, 0.15) is 17.5 Å². The maximum Gasteiger partial charge on any atom is 0.409 e. The minimum Gasteiger partial charge on any atom is -0.497 e. The van der Waals surface area contributed by atoms with E-state index in [1.165, 1.54) is 19.1 Å². The van der Waals surface area contributed by atoms with Gasteiger partial charge in [-0.05, 0) is 19.1 Å². The SMILES string of the molecule is CCOC(=O)N1CCN(CC(=O)N2CCNC(=O)C2CC(=O)Nc2cc(OC)ccc2OC)CC1. The normalized spacial score (nSPS) is 18.5. The first-order chi connectivity index (χ1) is 16.9. The summed E-state index contributed by atoms with van der Waals surface area (Å²) in [5, 5.41) is 5.48. The molecule has 0 aromatic heterocycles. The number of carbonyl (C=O) groups is 4. The molecule has 2 aliphatic rings. The van der Waals surface area contributed by atoms with Crippen LogP contribution in [0, 0.1) is 0 Å². The molecule has 2 saturated heterocycles. The van der Waals surface area contributed by atoms with Gasteiger partial charge in [0.05, 0.1) is 39.5 Å². The molecule has 2 fully saturated rings. The molecule has 0 bridgehead atoms. The van der Waals surface area contributed by atoms with Gasteiger partial charge >= 0.3 is 6.09 Å². The summed E-state index contributed by atoms with van der Waals surface area (Å²) in [5.74, 6) is -0.0522. The summed E-state index contributed by atoms with van der Waals surface area (Å²) in [6.07, 6.45) is -0.556. The van der Waals surface area contributed by atoms with E-state index in [9.17, 15) is 19.2 Å². The fourth-order valence-electron chi connectivity index (χ4n) is 4.09. The van der Waals surface area contributed by atoms with Crippen LogP contribution in [0.4, 0.5) is 10.5 Å². The smallest absolute Gasteiger partial charge is 0.409 e. The van der Waals surface area contributed by atoms with Crippen LogP contribution in [0.1, 0.15) is 13.3 Å². The number of methoxy groups -OCH3 is 2. The highest BCUT2D eigenvalue weighted by Crippen LogP contribution is 2.29. The van der Waals surface area contributed by atoms with Crippen LogP contribution in [-0.2, 0) is 19.1 Å². The number of hydrogen-bond acceptors (Lipinski definition) is 8. The van der Waals surface area contributed by atoms with Crippen molar-refractivity contribution in [2.75, 3.05) is 72.0 Å². The molecule has 192 valence electrons. The van der Waals surface area contributed by atoms with Gasteiger partial charge < -0.3 is 34.6 Å². The van der Waals surface area contributed by atoms with E-state index < -0.39 is 11.9 Å². The maximum absolute atomic E-state index is 13.1. The molecule has 12 heteroatoms. The van der Waals surface area contributed by atoms with E-state index >= 15 is 0 Å². The Balaban J connectivity index is 1.60. The third-order valence-electron chi connectivity index (χ3n) is 5.97. The van der Waals surface area contributed by atoms with Crippen LogP contribution in [0.15, 0.2) is 18.2 Å². The highest BCUT2D eigenvalue weighted by Gasteiger charge is 2.36. The second-order valence-electron chi connectivity index (χ2n) is 8.17. The van der Waals surface area contributed by atoms with Crippen molar-refractivity contribution in [1.29, 1.82) is 0 Å². The predicted molar refractivity (Wildman–Crippen MR) is 126 cm³/mol. The maximum atomic E-state index is 13.1. The van der Waals surface area contributed by atoms with Crippen molar-refractivity contribution < 1.29 is 33.4 Å². The van der Waals surface area contributed by atoms with Gasteiger partial charge in [-0.3, -0.25) is 19.3 Å². The molecule has 2 aliphatic heterocycles. The topological polar surface area (TPSA) is 130 Å². The van der Waals surface area contributed by atoms with Crippen LogP contribution in [0.5, 0.6) is 11.5 Å². The standard InChI is InChI=1S/C23H33N5O7/c1-4-35-23(32)27-11-9-26(10-12-27)15-21(30)28-8-7-24-22(31)18(28)14-20(29)25-17-13-16(33-2)5-6-19(17)34-3/h5-6,13,18H,4,7-12,14-15H2,1-3H3,(H,24,31)(H,25,29). The number of nitrogens with one attached hydrogen (secondary N) is 2. The van der Waals surface area contributed by atoms with Crippen LogP contribution in [0.2, 0.25) is 0 Å². The summed E-state index contributed by atoms with van der Waals surface area (Å²) in [6, 6.07) is 4.07. The van der Waals surface area contributed by atoms with Gasteiger partial charge in [0, 0.05) is 45.3 Å². The lowest BCUT2D eigenvalue weighted by Crippen LogP contribution is -2.60. The third kappa shape index (κ3) is 6.75. The molecule has 1 aromatic rings. The van der Waals surface area contributed by atoms with Crippen molar-refractivity contribution >= 4 is 29.5 Å². The van der Waals surface area contributed by atoms with Crippen molar-refractivity contribution in [2.45, 2.75) is 19.4 Å². The lowest BCUT2D eigenvalue weighted by Gasteiger charge is -2.38. The molecule has 2 N–H and O–H groups in total. The number of nitrogens with zero attached hydrogens (tertiary/aromatic N) is 3. The summed E-state index contributed by atoms with van der Waals surface area (Å²) in [5.41, 5.74) is 0.408. The highest BCUT2D eigenvalue weighted by atomic mass is 16.6. The van der Waals surface area contributed by atoms with E-state index in [-0.39, 0.29) is 30.9 Å². The van der Waals surface area contributed by atoms with Gasteiger partial charge in [0.15, 0.2) is 0 Å². The summed E-state index contributed by atoms with van der Waals surface area (Å²) >= 11 is 0. The molecule has 0 radical (unpaired) electrons. The van der Waals surface area contributed by atoms with Gasteiger partial charge in [0.2, 0.25) is 17.7 Å². The zero-order valence-corrected chi connectivity index (χ0v) is 20.4. The summed E-state index contributed by atoms with van der Waals surface area (Å²) < 4.78 is 15.5. The van der Waals surface area contributed by atoms with Gasteiger partial charge in [0.25, 0.3) is 0 Å². The van der Waals surface area contributed by atoms with Crippen molar-refractivity contribution in [3.63, 3.8) is 0 Å². The molecule has 0 spiro atoms. The van der Waals surface area contributed by atoms with Crippen LogP contribution < -0.4 is 20.1 Å². The summed E-state index contributed by atoms with van der Waals surface area (Å²) in [6.45, 7) is 4.76. The van der Waals surface area contributed by atoms with E-state index in [4.69, 9.17) is 14.2 Å². The zero-order valence-electron chi connectivity index (χ0n) is 20.4. The quantitative estimate of drug-likeness (QED) is 0.525. The Morgan fingerprint density at radius 3 is 2.49 bits per heavy atom. The first kappa shape index (κ1) is 26.1.